The molecule has 0 unspecified atom stereocenters. The van der Waals surface area contributed by atoms with Crippen LogP contribution in [0, 0.1) is 0 Å². The van der Waals surface area contributed by atoms with Gasteiger partial charge < -0.3 is 15.5 Å². The van der Waals surface area contributed by atoms with Gasteiger partial charge in [-0.05, 0) is 48.0 Å². The van der Waals surface area contributed by atoms with Gasteiger partial charge in [-0.2, -0.15) is 0 Å². The lowest BCUT2D eigenvalue weighted by molar-refractivity contribution is -0.128. The molecule has 0 bridgehead atoms. The Labute approximate surface area is 175 Å². The Morgan fingerprint density at radius 1 is 0.733 bits per heavy atom. The van der Waals surface area contributed by atoms with Crippen LogP contribution in [0.3, 0.4) is 0 Å². The van der Waals surface area contributed by atoms with E-state index in [4.69, 9.17) is 0 Å². The Balaban J connectivity index is 1.67. The van der Waals surface area contributed by atoms with Gasteiger partial charge in [-0.1, -0.05) is 36.4 Å². The molecule has 6 nitrogen and oxygen atoms in total. The fourth-order valence-corrected chi connectivity index (χ4v) is 2.84. The zero-order valence-corrected chi connectivity index (χ0v) is 16.9. The van der Waals surface area contributed by atoms with Crippen molar-refractivity contribution in [1.29, 1.82) is 0 Å². The maximum atomic E-state index is 12.7. The fourth-order valence-electron chi connectivity index (χ4n) is 2.84. The van der Waals surface area contributed by atoms with Gasteiger partial charge in [0.15, 0.2) is 0 Å². The molecule has 0 saturated carbocycles. The molecule has 3 rings (SSSR count). The Hall–Kier alpha value is -3.93. The van der Waals surface area contributed by atoms with Crippen LogP contribution in [0.4, 0.5) is 11.4 Å². The van der Waals surface area contributed by atoms with Crippen molar-refractivity contribution >= 4 is 29.1 Å². The number of carbonyl (C=O) groups excluding carboxylic acids is 3. The molecule has 0 spiro atoms. The summed E-state index contributed by atoms with van der Waals surface area (Å²) in [6.45, 7) is 1.90. The molecule has 2 N–H and O–H groups in total. The molecular weight excluding hydrogens is 378 g/mol. The summed E-state index contributed by atoms with van der Waals surface area (Å²) in [7, 11) is 1.71. The van der Waals surface area contributed by atoms with Crippen molar-refractivity contribution in [3.63, 3.8) is 0 Å². The van der Waals surface area contributed by atoms with Crippen molar-refractivity contribution in [3.8, 4) is 0 Å². The molecule has 0 heterocycles. The highest BCUT2D eigenvalue weighted by Gasteiger charge is 2.12. The highest BCUT2D eigenvalue weighted by Crippen LogP contribution is 2.19. The molecule has 3 aromatic rings. The molecule has 0 aliphatic rings. The minimum Gasteiger partial charge on any atom is -0.342 e. The maximum absolute atomic E-state index is 12.7. The quantitative estimate of drug-likeness (QED) is 0.651. The third-order valence-corrected chi connectivity index (χ3v) is 4.65. The van der Waals surface area contributed by atoms with Crippen LogP contribution in [0.25, 0.3) is 0 Å². The molecule has 0 atom stereocenters. The number of para-hydroxylation sites is 1. The van der Waals surface area contributed by atoms with E-state index in [2.05, 4.69) is 10.6 Å². The van der Waals surface area contributed by atoms with Crippen LogP contribution < -0.4 is 10.6 Å². The predicted molar refractivity (Wildman–Crippen MR) is 117 cm³/mol. The van der Waals surface area contributed by atoms with Crippen LogP contribution in [0.15, 0.2) is 78.9 Å². The Bertz CT molecular complexity index is 1050. The second-order valence-electron chi connectivity index (χ2n) is 6.88. The Morgan fingerprint density at radius 2 is 1.30 bits per heavy atom. The van der Waals surface area contributed by atoms with Gasteiger partial charge in [-0.25, -0.2) is 0 Å². The van der Waals surface area contributed by atoms with Crippen molar-refractivity contribution in [3.05, 3.63) is 95.6 Å². The third kappa shape index (κ3) is 5.32. The van der Waals surface area contributed by atoms with Crippen LogP contribution >= 0.6 is 0 Å². The van der Waals surface area contributed by atoms with Crippen molar-refractivity contribution in [1.82, 2.24) is 4.90 Å². The van der Waals surface area contributed by atoms with E-state index < -0.39 is 0 Å². The van der Waals surface area contributed by atoms with Crippen LogP contribution in [0.2, 0.25) is 0 Å². The summed E-state index contributed by atoms with van der Waals surface area (Å²) in [6, 6.07) is 23.0. The standard InChI is InChI=1S/C24H23N3O3/c1-17(28)27(2)16-20-10-6-7-11-22(20)26-24(30)19-12-14-21(15-13-19)25-23(29)18-8-4-3-5-9-18/h3-15H,16H2,1-2H3,(H,25,29)(H,26,30). The number of hydrogen-bond acceptors (Lipinski definition) is 3. The largest absolute Gasteiger partial charge is 0.342 e. The Kier molecular flexibility index (Phi) is 6.60. The molecule has 30 heavy (non-hydrogen) atoms. The number of hydrogen-bond donors (Lipinski definition) is 2. The van der Waals surface area contributed by atoms with E-state index in [1.165, 1.54) is 6.92 Å². The lowest BCUT2D eigenvalue weighted by atomic mass is 10.1. The van der Waals surface area contributed by atoms with Crippen LogP contribution in [0.5, 0.6) is 0 Å². The molecule has 0 radical (unpaired) electrons. The van der Waals surface area contributed by atoms with Gasteiger partial charge >= 0.3 is 0 Å². The van der Waals surface area contributed by atoms with E-state index >= 15 is 0 Å². The van der Waals surface area contributed by atoms with Gasteiger partial charge in [0.1, 0.15) is 0 Å². The molecule has 0 aliphatic heterocycles. The number of nitrogens with zero attached hydrogens (tertiary/aromatic N) is 1. The van der Waals surface area contributed by atoms with Gasteiger partial charge in [0.2, 0.25) is 5.91 Å². The zero-order chi connectivity index (χ0) is 21.5. The van der Waals surface area contributed by atoms with E-state index in [9.17, 15) is 14.4 Å². The van der Waals surface area contributed by atoms with Crippen LogP contribution in [0.1, 0.15) is 33.2 Å². The van der Waals surface area contributed by atoms with E-state index in [0.29, 0.717) is 29.0 Å². The number of amides is 3. The predicted octanol–water partition coefficient (Wildman–Crippen LogP) is 4.17. The average Bonchev–Trinajstić information content (AvgIpc) is 2.76. The first-order valence-corrected chi connectivity index (χ1v) is 9.51. The molecule has 3 aromatic carbocycles. The summed E-state index contributed by atoms with van der Waals surface area (Å²) in [6.07, 6.45) is 0. The summed E-state index contributed by atoms with van der Waals surface area (Å²) < 4.78 is 0. The van der Waals surface area contributed by atoms with Crippen LogP contribution in [-0.2, 0) is 11.3 Å². The Morgan fingerprint density at radius 3 is 1.97 bits per heavy atom. The van der Waals surface area contributed by atoms with Crippen molar-refractivity contribution in [2.24, 2.45) is 0 Å². The molecular formula is C24H23N3O3. The minimum absolute atomic E-state index is 0.0516. The number of anilines is 2. The first-order valence-electron chi connectivity index (χ1n) is 9.51. The summed E-state index contributed by atoms with van der Waals surface area (Å²) in [5, 5.41) is 5.70. The molecule has 0 aromatic heterocycles. The van der Waals surface area contributed by atoms with Crippen molar-refractivity contribution in [2.45, 2.75) is 13.5 Å². The molecule has 3 amide bonds. The third-order valence-electron chi connectivity index (χ3n) is 4.65. The van der Waals surface area contributed by atoms with E-state index in [1.807, 2.05) is 24.3 Å². The lowest BCUT2D eigenvalue weighted by Gasteiger charge is -2.18. The number of rotatable bonds is 6. The zero-order valence-electron chi connectivity index (χ0n) is 16.9. The van der Waals surface area contributed by atoms with Crippen molar-refractivity contribution < 1.29 is 14.4 Å². The summed E-state index contributed by atoms with van der Waals surface area (Å²) in [5.74, 6) is -0.533. The highest BCUT2D eigenvalue weighted by atomic mass is 16.2. The maximum Gasteiger partial charge on any atom is 0.255 e. The average molecular weight is 401 g/mol. The van der Waals surface area contributed by atoms with Crippen LogP contribution in [-0.4, -0.2) is 29.7 Å². The number of benzene rings is 3. The van der Waals surface area contributed by atoms with Gasteiger partial charge in [-0.15, -0.1) is 0 Å². The monoisotopic (exact) mass is 401 g/mol. The van der Waals surface area contributed by atoms with Crippen molar-refractivity contribution in [2.75, 3.05) is 17.7 Å². The highest BCUT2D eigenvalue weighted by molar-refractivity contribution is 6.06. The van der Waals surface area contributed by atoms with Gasteiger partial charge in [0.25, 0.3) is 11.8 Å². The SMILES string of the molecule is CC(=O)N(C)Cc1ccccc1NC(=O)c1ccc(NC(=O)c2ccccc2)cc1. The second kappa shape index (κ2) is 9.52. The molecule has 152 valence electrons. The lowest BCUT2D eigenvalue weighted by Crippen LogP contribution is -2.24. The minimum atomic E-state index is -0.270. The molecule has 0 aliphatic carbocycles. The van der Waals surface area contributed by atoms with Gasteiger partial charge in [-0.3, -0.25) is 14.4 Å². The normalized spacial score (nSPS) is 10.2. The van der Waals surface area contributed by atoms with E-state index in [0.717, 1.165) is 5.56 Å². The van der Waals surface area contributed by atoms with E-state index in [-0.39, 0.29) is 17.7 Å². The summed E-state index contributed by atoms with van der Waals surface area (Å²) in [4.78, 5) is 38.0. The molecule has 0 saturated heterocycles. The topological polar surface area (TPSA) is 78.5 Å². The second-order valence-corrected chi connectivity index (χ2v) is 6.88. The molecule has 6 heteroatoms. The van der Waals surface area contributed by atoms with Gasteiger partial charge in [0.05, 0.1) is 0 Å². The van der Waals surface area contributed by atoms with E-state index in [1.54, 1.807) is 66.5 Å². The summed E-state index contributed by atoms with van der Waals surface area (Å²) >= 11 is 0. The first kappa shape index (κ1) is 20.8. The number of carbonyl (C=O) groups is 3. The smallest absolute Gasteiger partial charge is 0.255 e. The summed E-state index contributed by atoms with van der Waals surface area (Å²) in [5.41, 5.74) is 3.12. The molecule has 0 fully saturated rings. The fraction of sp³-hybridized carbons (Fsp3) is 0.125. The number of nitrogens with one attached hydrogen (secondary N) is 2. The van der Waals surface area contributed by atoms with Gasteiger partial charge in [0, 0.05) is 43.0 Å². The first-order chi connectivity index (χ1) is 14.4.